The Bertz CT molecular complexity index is 2250. The summed E-state index contributed by atoms with van der Waals surface area (Å²) in [7, 11) is 0. The average Bonchev–Trinajstić information content (AvgIpc) is 3.49. The number of fused-ring (bicyclic) bond motifs is 1. The first-order valence-electron chi connectivity index (χ1n) is 15.5. The lowest BCUT2D eigenvalue weighted by atomic mass is 10.1. The van der Waals surface area contributed by atoms with E-state index in [2.05, 4.69) is 44.7 Å². The van der Waals surface area contributed by atoms with Crippen molar-refractivity contribution in [3.8, 4) is 34.0 Å². The van der Waals surface area contributed by atoms with Gasteiger partial charge in [0.05, 0.1) is 23.7 Å². The van der Waals surface area contributed by atoms with E-state index in [1.807, 2.05) is 84.3 Å². The molecular weight excluding hydrogens is 616 g/mol. The molecular formula is C39H30N6O4. The van der Waals surface area contributed by atoms with Crippen molar-refractivity contribution in [3.05, 3.63) is 156 Å². The average molecular weight is 647 g/mol. The summed E-state index contributed by atoms with van der Waals surface area (Å²) in [6.45, 7) is 2.15. The molecule has 0 unspecified atom stereocenters. The monoisotopic (exact) mass is 646 g/mol. The van der Waals surface area contributed by atoms with Gasteiger partial charge in [0.25, 0.3) is 0 Å². The molecule has 10 heteroatoms. The lowest BCUT2D eigenvalue weighted by Gasteiger charge is -2.10. The van der Waals surface area contributed by atoms with Gasteiger partial charge in [0.1, 0.15) is 29.5 Å². The molecule has 10 nitrogen and oxygen atoms in total. The molecule has 0 atom stereocenters. The number of carbonyl (C=O) groups is 1. The molecule has 0 spiro atoms. The Morgan fingerprint density at radius 1 is 0.857 bits per heavy atom. The molecule has 0 aliphatic carbocycles. The summed E-state index contributed by atoms with van der Waals surface area (Å²) >= 11 is 0. The summed E-state index contributed by atoms with van der Waals surface area (Å²) < 4.78 is 7.74. The zero-order valence-electron chi connectivity index (χ0n) is 26.4. The number of aryl methyl sites for hydroxylation is 1. The summed E-state index contributed by atoms with van der Waals surface area (Å²) in [4.78, 5) is 30.4. The molecule has 240 valence electrons. The largest absolute Gasteiger partial charge is 0.478 e. The van der Waals surface area contributed by atoms with Gasteiger partial charge in [0, 0.05) is 23.6 Å². The molecule has 3 aromatic heterocycles. The van der Waals surface area contributed by atoms with Gasteiger partial charge in [-0.2, -0.15) is 0 Å². The van der Waals surface area contributed by atoms with E-state index in [0.29, 0.717) is 11.6 Å². The van der Waals surface area contributed by atoms with Crippen molar-refractivity contribution >= 4 is 29.3 Å². The van der Waals surface area contributed by atoms with Gasteiger partial charge in [-0.15, -0.1) is 0 Å². The minimum Gasteiger partial charge on any atom is -0.478 e. The molecule has 0 aliphatic heterocycles. The number of hydrogen-bond donors (Lipinski definition) is 2. The molecule has 7 rings (SSSR count). The zero-order chi connectivity index (χ0) is 33.6. The number of rotatable bonds is 11. The van der Waals surface area contributed by atoms with Crippen molar-refractivity contribution in [3.63, 3.8) is 0 Å². The van der Waals surface area contributed by atoms with E-state index in [9.17, 15) is 9.90 Å². The normalized spacial score (nSPS) is 11.1. The van der Waals surface area contributed by atoms with Crippen LogP contribution in [0.15, 0.2) is 139 Å². The third kappa shape index (κ3) is 7.28. The van der Waals surface area contributed by atoms with Crippen LogP contribution in [0.3, 0.4) is 0 Å². The quantitative estimate of drug-likeness (QED) is 0.106. The first-order valence-corrected chi connectivity index (χ1v) is 15.5. The molecule has 0 fully saturated rings. The number of aromatic nitrogens is 4. The number of aromatic carboxylic acids is 1. The highest BCUT2D eigenvalue weighted by Crippen LogP contribution is 2.33. The van der Waals surface area contributed by atoms with Crippen LogP contribution in [0.25, 0.3) is 28.0 Å². The number of benzene rings is 4. The van der Waals surface area contributed by atoms with E-state index >= 15 is 0 Å². The smallest absolute Gasteiger partial charge is 0.335 e. The van der Waals surface area contributed by atoms with Crippen molar-refractivity contribution in [2.45, 2.75) is 13.5 Å². The number of carboxylic acid groups (broad SMARTS) is 1. The molecule has 0 radical (unpaired) electrons. The highest BCUT2D eigenvalue weighted by Gasteiger charge is 2.16. The summed E-state index contributed by atoms with van der Waals surface area (Å²) in [5, 5.41) is 16.9. The Kier molecular flexibility index (Phi) is 8.74. The van der Waals surface area contributed by atoms with Crippen LogP contribution in [0.4, 0.5) is 11.5 Å². The van der Waals surface area contributed by atoms with Crippen LogP contribution < -0.4 is 10.1 Å². The second-order valence-electron chi connectivity index (χ2n) is 11.2. The predicted octanol–water partition coefficient (Wildman–Crippen LogP) is 8.55. The van der Waals surface area contributed by atoms with E-state index in [1.54, 1.807) is 42.9 Å². The number of nitrogens with zero attached hydrogens (tertiary/aromatic N) is 5. The van der Waals surface area contributed by atoms with E-state index in [4.69, 9.17) is 14.6 Å². The Morgan fingerprint density at radius 3 is 2.37 bits per heavy atom. The number of oxime groups is 1. The van der Waals surface area contributed by atoms with Crippen LogP contribution in [-0.4, -0.2) is 36.6 Å². The standard InChI is InChI=1S/C39H30N6O4/c1-26-22-40-24-36(42-26)49-34-17-9-27(10-18-34)23-41-48-25-28-7-11-30(12-8-28)37-38(43-33-15-13-31(14-16-33)39(46)47)45-20-19-32(21-35(45)44-37)29-5-3-2-4-6-29/h2-24,43H,25H2,1H3,(H,46,47)/b41-23+. The zero-order valence-corrected chi connectivity index (χ0v) is 26.4. The first kappa shape index (κ1) is 30.8. The van der Waals surface area contributed by atoms with Crippen molar-refractivity contribution in [2.24, 2.45) is 5.16 Å². The fourth-order valence-electron chi connectivity index (χ4n) is 5.21. The Balaban J connectivity index is 1.07. The Morgan fingerprint density at radius 2 is 1.63 bits per heavy atom. The van der Waals surface area contributed by atoms with Gasteiger partial charge in [0.15, 0.2) is 0 Å². The fourth-order valence-corrected chi connectivity index (χ4v) is 5.21. The number of imidazole rings is 1. The van der Waals surface area contributed by atoms with E-state index in [1.165, 1.54) is 0 Å². The fraction of sp³-hybridized carbons (Fsp3) is 0.0513. The van der Waals surface area contributed by atoms with Gasteiger partial charge >= 0.3 is 5.97 Å². The van der Waals surface area contributed by atoms with E-state index < -0.39 is 5.97 Å². The first-order chi connectivity index (χ1) is 24.0. The van der Waals surface area contributed by atoms with Crippen LogP contribution in [-0.2, 0) is 11.4 Å². The molecule has 7 aromatic rings. The minimum absolute atomic E-state index is 0.218. The maximum atomic E-state index is 11.4. The van der Waals surface area contributed by atoms with Gasteiger partial charge in [-0.25, -0.2) is 14.8 Å². The lowest BCUT2D eigenvalue weighted by Crippen LogP contribution is -1.99. The minimum atomic E-state index is -0.973. The second kappa shape index (κ2) is 13.9. The maximum absolute atomic E-state index is 11.4. The van der Waals surface area contributed by atoms with Crippen LogP contribution >= 0.6 is 0 Å². The van der Waals surface area contributed by atoms with Gasteiger partial charge in [-0.05, 0) is 89.8 Å². The number of ether oxygens (including phenoxy) is 1. The SMILES string of the molecule is Cc1cncc(Oc2ccc(/C=N/OCc3ccc(-c4nc5cc(-c6ccccc6)ccn5c4Nc4ccc(C(=O)O)cc4)cc3)cc2)n1. The van der Waals surface area contributed by atoms with Gasteiger partial charge in [-0.1, -0.05) is 59.8 Å². The van der Waals surface area contributed by atoms with Crippen molar-refractivity contribution in [1.82, 2.24) is 19.4 Å². The second-order valence-corrected chi connectivity index (χ2v) is 11.2. The summed E-state index contributed by atoms with van der Waals surface area (Å²) in [5.74, 6) is 0.873. The molecule has 4 aromatic carbocycles. The summed E-state index contributed by atoms with van der Waals surface area (Å²) in [6, 6.07) is 36.3. The molecule has 0 amide bonds. The number of pyridine rings is 1. The predicted molar refractivity (Wildman–Crippen MR) is 188 cm³/mol. The van der Waals surface area contributed by atoms with Crippen LogP contribution in [0.1, 0.15) is 27.2 Å². The Labute approximate surface area is 282 Å². The number of anilines is 2. The highest BCUT2D eigenvalue weighted by molar-refractivity contribution is 5.88. The van der Waals surface area contributed by atoms with Crippen molar-refractivity contribution in [2.75, 3.05) is 5.32 Å². The molecule has 3 heterocycles. The van der Waals surface area contributed by atoms with Gasteiger partial charge in [-0.3, -0.25) is 9.38 Å². The van der Waals surface area contributed by atoms with Crippen molar-refractivity contribution in [1.29, 1.82) is 0 Å². The van der Waals surface area contributed by atoms with Crippen molar-refractivity contribution < 1.29 is 19.5 Å². The number of hydrogen-bond acceptors (Lipinski definition) is 8. The van der Waals surface area contributed by atoms with Crippen LogP contribution in [0.2, 0.25) is 0 Å². The van der Waals surface area contributed by atoms with E-state index in [0.717, 1.165) is 56.4 Å². The highest BCUT2D eigenvalue weighted by atomic mass is 16.6. The van der Waals surface area contributed by atoms with E-state index in [-0.39, 0.29) is 12.2 Å². The molecule has 0 aliphatic rings. The molecule has 0 saturated heterocycles. The molecule has 49 heavy (non-hydrogen) atoms. The maximum Gasteiger partial charge on any atom is 0.335 e. The topological polar surface area (TPSA) is 123 Å². The van der Waals surface area contributed by atoms with Gasteiger partial charge in [0.2, 0.25) is 5.88 Å². The molecule has 0 saturated carbocycles. The number of carboxylic acids is 1. The third-order valence-corrected chi connectivity index (χ3v) is 7.70. The Hall–Kier alpha value is -6.81. The van der Waals surface area contributed by atoms with Crippen LogP contribution in [0, 0.1) is 6.92 Å². The van der Waals surface area contributed by atoms with Crippen LogP contribution in [0.5, 0.6) is 11.6 Å². The molecule has 2 N–H and O–H groups in total. The third-order valence-electron chi connectivity index (χ3n) is 7.70. The summed E-state index contributed by atoms with van der Waals surface area (Å²) in [5.41, 5.74) is 8.12. The molecule has 0 bridgehead atoms. The summed E-state index contributed by atoms with van der Waals surface area (Å²) in [6.07, 6.45) is 6.88. The lowest BCUT2D eigenvalue weighted by molar-refractivity contribution is 0.0697. The van der Waals surface area contributed by atoms with Gasteiger partial charge < -0.3 is 20.0 Å². The number of nitrogens with one attached hydrogen (secondary N) is 1.